The third-order valence-electron chi connectivity index (χ3n) is 3.47. The molecule has 1 aliphatic rings. The van der Waals surface area contributed by atoms with Crippen LogP contribution in [0.3, 0.4) is 0 Å². The molecule has 4 amide bonds. The van der Waals surface area contributed by atoms with Gasteiger partial charge in [-0.05, 0) is 64.0 Å². The quantitative estimate of drug-likeness (QED) is 0.498. The van der Waals surface area contributed by atoms with Crippen LogP contribution in [0.2, 0.25) is 0 Å². The Morgan fingerprint density at radius 1 is 1.15 bits per heavy atom. The number of benzene rings is 2. The molecule has 0 spiro atoms. The second kappa shape index (κ2) is 8.00. The van der Waals surface area contributed by atoms with Gasteiger partial charge < -0.3 is 15.4 Å². The SMILES string of the molecule is O=C(COc1ccc(/C=C2/NC(=O)NC2=O)cc1Br)Nc1ccc(F)cc1. The van der Waals surface area contributed by atoms with E-state index in [-0.39, 0.29) is 12.3 Å². The molecule has 138 valence electrons. The second-order valence-electron chi connectivity index (χ2n) is 5.50. The molecule has 0 radical (unpaired) electrons. The van der Waals surface area contributed by atoms with Gasteiger partial charge in [0.1, 0.15) is 17.3 Å². The number of halogens is 2. The lowest BCUT2D eigenvalue weighted by molar-refractivity contribution is -0.118. The number of urea groups is 1. The monoisotopic (exact) mass is 433 g/mol. The first-order valence-electron chi connectivity index (χ1n) is 7.72. The lowest BCUT2D eigenvalue weighted by Crippen LogP contribution is -2.22. The molecule has 0 unspecified atom stereocenters. The van der Waals surface area contributed by atoms with Crippen LogP contribution in [0.5, 0.6) is 5.75 Å². The normalized spacial score (nSPS) is 14.7. The van der Waals surface area contributed by atoms with E-state index in [1.807, 2.05) is 0 Å². The maximum Gasteiger partial charge on any atom is 0.326 e. The van der Waals surface area contributed by atoms with Crippen LogP contribution in [0, 0.1) is 5.82 Å². The molecule has 2 aromatic rings. The van der Waals surface area contributed by atoms with E-state index in [1.54, 1.807) is 18.2 Å². The molecule has 3 rings (SSSR count). The Bertz CT molecular complexity index is 944. The van der Waals surface area contributed by atoms with Crippen molar-refractivity contribution in [2.24, 2.45) is 0 Å². The molecular formula is C18H13BrFN3O4. The Labute approximate surface area is 161 Å². The number of amides is 4. The van der Waals surface area contributed by atoms with Crippen molar-refractivity contribution in [1.82, 2.24) is 10.6 Å². The van der Waals surface area contributed by atoms with E-state index in [0.717, 1.165) is 0 Å². The summed E-state index contributed by atoms with van der Waals surface area (Å²) in [5.41, 5.74) is 1.25. The largest absolute Gasteiger partial charge is 0.483 e. The minimum Gasteiger partial charge on any atom is -0.483 e. The number of anilines is 1. The number of rotatable bonds is 5. The minimum atomic E-state index is -0.572. The maximum atomic E-state index is 12.8. The Morgan fingerprint density at radius 2 is 1.89 bits per heavy atom. The lowest BCUT2D eigenvalue weighted by atomic mass is 10.2. The van der Waals surface area contributed by atoms with Crippen LogP contribution < -0.4 is 20.7 Å². The first-order valence-corrected chi connectivity index (χ1v) is 8.52. The van der Waals surface area contributed by atoms with Gasteiger partial charge in [-0.3, -0.25) is 14.9 Å². The van der Waals surface area contributed by atoms with Crippen molar-refractivity contribution in [1.29, 1.82) is 0 Å². The highest BCUT2D eigenvalue weighted by molar-refractivity contribution is 9.10. The number of carbonyl (C=O) groups excluding carboxylic acids is 3. The van der Waals surface area contributed by atoms with E-state index >= 15 is 0 Å². The number of ether oxygens (including phenoxy) is 1. The molecule has 3 N–H and O–H groups in total. The summed E-state index contributed by atoms with van der Waals surface area (Å²) in [5, 5.41) is 7.09. The molecule has 27 heavy (non-hydrogen) atoms. The van der Waals surface area contributed by atoms with Gasteiger partial charge in [-0.15, -0.1) is 0 Å². The van der Waals surface area contributed by atoms with Crippen molar-refractivity contribution in [3.05, 3.63) is 64.0 Å². The van der Waals surface area contributed by atoms with Gasteiger partial charge in [0, 0.05) is 5.69 Å². The van der Waals surface area contributed by atoms with E-state index in [4.69, 9.17) is 4.74 Å². The lowest BCUT2D eigenvalue weighted by Gasteiger charge is -2.09. The minimum absolute atomic E-state index is 0.138. The fraction of sp³-hybridized carbons (Fsp3) is 0.0556. The van der Waals surface area contributed by atoms with Gasteiger partial charge in [-0.2, -0.15) is 0 Å². The molecule has 1 aliphatic heterocycles. The summed E-state index contributed by atoms with van der Waals surface area (Å²) in [6.07, 6.45) is 1.51. The summed E-state index contributed by atoms with van der Waals surface area (Å²) in [4.78, 5) is 34.5. The van der Waals surface area contributed by atoms with Crippen molar-refractivity contribution in [2.45, 2.75) is 0 Å². The topological polar surface area (TPSA) is 96.5 Å². The first kappa shape index (κ1) is 18.6. The highest BCUT2D eigenvalue weighted by Gasteiger charge is 2.22. The fourth-order valence-corrected chi connectivity index (χ4v) is 2.76. The van der Waals surface area contributed by atoms with E-state index in [0.29, 0.717) is 21.5 Å². The predicted molar refractivity (Wildman–Crippen MR) is 99.3 cm³/mol. The van der Waals surface area contributed by atoms with Crippen LogP contribution in [0.4, 0.5) is 14.9 Å². The third kappa shape index (κ3) is 4.91. The number of imide groups is 1. The van der Waals surface area contributed by atoms with Crippen LogP contribution in [-0.4, -0.2) is 24.5 Å². The number of carbonyl (C=O) groups is 3. The molecule has 1 fully saturated rings. The van der Waals surface area contributed by atoms with Crippen molar-refractivity contribution in [2.75, 3.05) is 11.9 Å². The van der Waals surface area contributed by atoms with Gasteiger partial charge in [0.2, 0.25) is 0 Å². The highest BCUT2D eigenvalue weighted by Crippen LogP contribution is 2.27. The maximum absolute atomic E-state index is 12.8. The average molecular weight is 434 g/mol. The molecule has 9 heteroatoms. The zero-order valence-electron chi connectivity index (χ0n) is 13.7. The summed E-state index contributed by atoms with van der Waals surface area (Å²) in [7, 11) is 0. The van der Waals surface area contributed by atoms with Crippen LogP contribution in [0.1, 0.15) is 5.56 Å². The molecule has 1 saturated heterocycles. The fourth-order valence-electron chi connectivity index (χ4n) is 2.25. The van der Waals surface area contributed by atoms with Crippen molar-refractivity contribution in [3.63, 3.8) is 0 Å². The molecule has 1 heterocycles. The Kier molecular flexibility index (Phi) is 5.51. The van der Waals surface area contributed by atoms with Crippen molar-refractivity contribution >= 4 is 45.5 Å². The van der Waals surface area contributed by atoms with E-state index in [9.17, 15) is 18.8 Å². The number of nitrogens with one attached hydrogen (secondary N) is 3. The van der Waals surface area contributed by atoms with Gasteiger partial charge in [0.05, 0.1) is 4.47 Å². The second-order valence-corrected chi connectivity index (χ2v) is 6.35. The highest BCUT2D eigenvalue weighted by atomic mass is 79.9. The van der Waals surface area contributed by atoms with Crippen LogP contribution in [0.25, 0.3) is 6.08 Å². The number of hydrogen-bond acceptors (Lipinski definition) is 4. The Hall–Kier alpha value is -3.20. The molecule has 0 atom stereocenters. The summed E-state index contributed by atoms with van der Waals surface area (Å²) in [5.74, 6) is -0.872. The van der Waals surface area contributed by atoms with Crippen LogP contribution in [0.15, 0.2) is 52.6 Å². The Morgan fingerprint density at radius 3 is 2.52 bits per heavy atom. The molecular weight excluding hydrogens is 421 g/mol. The van der Waals surface area contributed by atoms with Crippen molar-refractivity contribution in [3.8, 4) is 5.75 Å². The van der Waals surface area contributed by atoms with E-state index in [1.165, 1.54) is 30.3 Å². The van der Waals surface area contributed by atoms with Gasteiger partial charge in [0.15, 0.2) is 6.61 Å². The third-order valence-corrected chi connectivity index (χ3v) is 4.09. The summed E-state index contributed by atoms with van der Waals surface area (Å²) in [6.45, 7) is -0.241. The molecule has 0 bridgehead atoms. The molecule has 2 aromatic carbocycles. The summed E-state index contributed by atoms with van der Waals surface area (Å²) >= 11 is 3.33. The van der Waals surface area contributed by atoms with Gasteiger partial charge >= 0.3 is 6.03 Å². The zero-order valence-corrected chi connectivity index (χ0v) is 15.3. The van der Waals surface area contributed by atoms with Crippen molar-refractivity contribution < 1.29 is 23.5 Å². The standard InChI is InChI=1S/C18H13BrFN3O4/c19-13-7-10(8-14-17(25)23-18(26)22-14)1-6-15(13)27-9-16(24)21-12-4-2-11(20)3-5-12/h1-8H,9H2,(H,21,24)(H2,22,23,25,26)/b14-8+. The summed E-state index contributed by atoms with van der Waals surface area (Å²) in [6, 6.07) is 9.78. The predicted octanol–water partition coefficient (Wildman–Crippen LogP) is 2.79. The van der Waals surface area contributed by atoms with Gasteiger partial charge in [-0.1, -0.05) is 6.07 Å². The van der Waals surface area contributed by atoms with E-state index in [2.05, 4.69) is 31.9 Å². The average Bonchev–Trinajstić information content (AvgIpc) is 2.93. The summed E-state index contributed by atoms with van der Waals surface area (Å²) < 4.78 is 18.9. The Balaban J connectivity index is 1.60. The van der Waals surface area contributed by atoms with Crippen LogP contribution in [-0.2, 0) is 9.59 Å². The molecule has 0 saturated carbocycles. The first-order chi connectivity index (χ1) is 12.9. The van der Waals surface area contributed by atoms with Crippen LogP contribution >= 0.6 is 15.9 Å². The smallest absolute Gasteiger partial charge is 0.326 e. The molecule has 0 aliphatic carbocycles. The zero-order chi connectivity index (χ0) is 19.4. The molecule has 0 aromatic heterocycles. The number of hydrogen-bond donors (Lipinski definition) is 3. The van der Waals surface area contributed by atoms with Gasteiger partial charge in [0.25, 0.3) is 11.8 Å². The van der Waals surface area contributed by atoms with Gasteiger partial charge in [-0.25, -0.2) is 9.18 Å². The van der Waals surface area contributed by atoms with E-state index < -0.39 is 23.7 Å². The molecule has 7 nitrogen and oxygen atoms in total.